The zero-order chi connectivity index (χ0) is 14.4. The molecule has 0 unspecified atom stereocenters. The summed E-state index contributed by atoms with van der Waals surface area (Å²) in [6, 6.07) is 7.09. The van der Waals surface area contributed by atoms with Crippen LogP contribution in [0.5, 0.6) is 0 Å². The average Bonchev–Trinajstić information content (AvgIpc) is 3.07. The van der Waals surface area contributed by atoms with Gasteiger partial charge in [-0.3, -0.25) is 9.59 Å². The largest absolute Gasteiger partial charge is 0.274 e. The first kappa shape index (κ1) is 12.0. The predicted octanol–water partition coefficient (Wildman–Crippen LogP) is 3.04. The van der Waals surface area contributed by atoms with E-state index in [0.717, 1.165) is 12.8 Å². The van der Waals surface area contributed by atoms with Gasteiger partial charge in [-0.15, -0.1) is 0 Å². The molecule has 2 amide bonds. The number of benzene rings is 1. The molecule has 1 aromatic rings. The molecule has 3 nitrogen and oxygen atoms in total. The molecule has 2 bridgehead atoms. The molecule has 0 aromatic heterocycles. The summed E-state index contributed by atoms with van der Waals surface area (Å²) in [7, 11) is 0. The van der Waals surface area contributed by atoms with Crippen molar-refractivity contribution >= 4 is 29.1 Å². The fourth-order valence-electron chi connectivity index (χ4n) is 4.95. The van der Waals surface area contributed by atoms with Crippen LogP contribution in [0, 0.1) is 29.1 Å². The van der Waals surface area contributed by atoms with Gasteiger partial charge in [0, 0.05) is 0 Å². The van der Waals surface area contributed by atoms with E-state index in [4.69, 9.17) is 11.6 Å². The van der Waals surface area contributed by atoms with Gasteiger partial charge in [-0.2, -0.15) is 0 Å². The Morgan fingerprint density at radius 3 is 2.10 bits per heavy atom. The van der Waals surface area contributed by atoms with E-state index in [2.05, 4.69) is 12.2 Å². The highest BCUT2D eigenvalue weighted by Gasteiger charge is 2.73. The number of hydrogen-bond acceptors (Lipinski definition) is 2. The summed E-state index contributed by atoms with van der Waals surface area (Å²) in [5.41, 5.74) is 0.778. The van der Waals surface area contributed by atoms with E-state index in [0.29, 0.717) is 10.7 Å². The Balaban J connectivity index is 1.61. The highest BCUT2D eigenvalue weighted by Crippen LogP contribution is 2.73. The van der Waals surface area contributed by atoms with Crippen LogP contribution in [0.2, 0.25) is 5.02 Å². The third kappa shape index (κ3) is 1.23. The van der Waals surface area contributed by atoms with Gasteiger partial charge in [0.1, 0.15) is 0 Å². The summed E-state index contributed by atoms with van der Waals surface area (Å²) in [5.74, 6) is 0.0906. The number of fused-ring (bicyclic) bond motifs is 3. The normalized spacial score (nSPS) is 37.7. The lowest BCUT2D eigenvalue weighted by Gasteiger charge is -2.22. The van der Waals surface area contributed by atoms with Gasteiger partial charge in [0.15, 0.2) is 0 Å². The van der Waals surface area contributed by atoms with Gasteiger partial charge in [-0.25, -0.2) is 4.90 Å². The molecule has 4 atom stereocenters. The van der Waals surface area contributed by atoms with E-state index in [1.165, 1.54) is 4.90 Å². The van der Waals surface area contributed by atoms with Crippen molar-refractivity contribution in [2.75, 3.05) is 4.90 Å². The third-order valence-electron chi connectivity index (χ3n) is 5.95. The molecule has 0 N–H and O–H groups in total. The Labute approximate surface area is 127 Å². The van der Waals surface area contributed by atoms with Gasteiger partial charge in [-0.05, 0) is 42.2 Å². The number of carbonyl (C=O) groups is 2. The molecule has 3 aliphatic carbocycles. The zero-order valence-electron chi connectivity index (χ0n) is 11.3. The summed E-state index contributed by atoms with van der Waals surface area (Å²) in [6.45, 7) is 0. The summed E-state index contributed by atoms with van der Waals surface area (Å²) in [4.78, 5) is 27.1. The van der Waals surface area contributed by atoms with Crippen LogP contribution in [0.3, 0.4) is 0 Å². The minimum atomic E-state index is -0.161. The van der Waals surface area contributed by atoms with Gasteiger partial charge in [0.25, 0.3) is 0 Å². The second-order valence-corrected chi connectivity index (χ2v) is 7.09. The van der Waals surface area contributed by atoms with E-state index in [1.807, 2.05) is 12.1 Å². The first-order valence-electron chi connectivity index (χ1n) is 7.46. The Morgan fingerprint density at radius 1 is 1.00 bits per heavy atom. The molecule has 1 aliphatic heterocycles. The Kier molecular flexibility index (Phi) is 2.05. The van der Waals surface area contributed by atoms with E-state index in [1.54, 1.807) is 12.1 Å². The minimum absolute atomic E-state index is 0.0544. The number of allylic oxidation sites excluding steroid dienone is 2. The van der Waals surface area contributed by atoms with Crippen molar-refractivity contribution in [1.29, 1.82) is 0 Å². The van der Waals surface area contributed by atoms with Crippen molar-refractivity contribution in [3.8, 4) is 0 Å². The third-order valence-corrected chi connectivity index (χ3v) is 6.27. The minimum Gasteiger partial charge on any atom is -0.274 e. The fourth-order valence-corrected chi connectivity index (χ4v) is 5.17. The van der Waals surface area contributed by atoms with Crippen molar-refractivity contribution in [3.05, 3.63) is 41.4 Å². The Bertz CT molecular complexity index is 687. The maximum absolute atomic E-state index is 12.9. The number of para-hydroxylation sites is 1. The van der Waals surface area contributed by atoms with Crippen LogP contribution in [0.4, 0.5) is 5.69 Å². The summed E-state index contributed by atoms with van der Waals surface area (Å²) >= 11 is 6.19. The van der Waals surface area contributed by atoms with Crippen LogP contribution in [0.25, 0.3) is 0 Å². The van der Waals surface area contributed by atoms with Crippen molar-refractivity contribution < 1.29 is 9.59 Å². The molecule has 4 heteroatoms. The number of halogens is 1. The van der Waals surface area contributed by atoms with Crippen LogP contribution in [-0.2, 0) is 9.59 Å². The van der Waals surface area contributed by atoms with Crippen molar-refractivity contribution in [1.82, 2.24) is 0 Å². The van der Waals surface area contributed by atoms with Crippen LogP contribution in [0.15, 0.2) is 36.4 Å². The van der Waals surface area contributed by atoms with Crippen LogP contribution < -0.4 is 4.90 Å². The fraction of sp³-hybridized carbons (Fsp3) is 0.412. The smallest absolute Gasteiger partial charge is 0.238 e. The number of carbonyl (C=O) groups excluding carboxylic acids is 2. The molecule has 2 saturated carbocycles. The molecule has 5 rings (SSSR count). The molecule has 1 aromatic carbocycles. The monoisotopic (exact) mass is 299 g/mol. The molecule has 1 spiro atoms. The number of rotatable bonds is 1. The lowest BCUT2D eigenvalue weighted by atomic mass is 9.85. The van der Waals surface area contributed by atoms with Gasteiger partial charge in [0.2, 0.25) is 11.8 Å². The van der Waals surface area contributed by atoms with E-state index >= 15 is 0 Å². The summed E-state index contributed by atoms with van der Waals surface area (Å²) in [6.07, 6.45) is 6.68. The van der Waals surface area contributed by atoms with Gasteiger partial charge in [-0.1, -0.05) is 35.9 Å². The highest BCUT2D eigenvalue weighted by molar-refractivity contribution is 6.36. The standard InChI is InChI=1S/C17H14ClNO2/c18-11-3-1-2-4-12(11)19-15(20)13-9-5-6-10(14(13)16(19)21)17(9)7-8-17/h1-6,9-10,13-14H,7-8H2/t9-,10-,13-,14+/m0/s1. The maximum Gasteiger partial charge on any atom is 0.238 e. The van der Waals surface area contributed by atoms with E-state index in [9.17, 15) is 9.59 Å². The van der Waals surface area contributed by atoms with E-state index < -0.39 is 0 Å². The molecular formula is C17H14ClNO2. The average molecular weight is 300 g/mol. The second kappa shape index (κ2) is 3.58. The number of amides is 2. The summed E-state index contributed by atoms with van der Waals surface area (Å²) < 4.78 is 0. The topological polar surface area (TPSA) is 37.4 Å². The Morgan fingerprint density at radius 2 is 1.57 bits per heavy atom. The lowest BCUT2D eigenvalue weighted by Crippen LogP contribution is -2.34. The Hall–Kier alpha value is -1.61. The lowest BCUT2D eigenvalue weighted by molar-refractivity contribution is -0.123. The summed E-state index contributed by atoms with van der Waals surface area (Å²) in [5, 5.41) is 0.459. The second-order valence-electron chi connectivity index (χ2n) is 6.68. The van der Waals surface area contributed by atoms with Gasteiger partial charge < -0.3 is 0 Å². The maximum atomic E-state index is 12.9. The molecule has 1 saturated heterocycles. The molecule has 3 fully saturated rings. The first-order chi connectivity index (χ1) is 10.1. The predicted molar refractivity (Wildman–Crippen MR) is 78.7 cm³/mol. The molecule has 4 aliphatic rings. The van der Waals surface area contributed by atoms with Crippen LogP contribution in [0.1, 0.15) is 12.8 Å². The van der Waals surface area contributed by atoms with Crippen molar-refractivity contribution in [2.24, 2.45) is 29.1 Å². The molecular weight excluding hydrogens is 286 g/mol. The number of nitrogens with zero attached hydrogens (tertiary/aromatic N) is 1. The van der Waals surface area contributed by atoms with Gasteiger partial charge >= 0.3 is 0 Å². The van der Waals surface area contributed by atoms with Gasteiger partial charge in [0.05, 0.1) is 22.5 Å². The van der Waals surface area contributed by atoms with Crippen molar-refractivity contribution in [3.63, 3.8) is 0 Å². The zero-order valence-corrected chi connectivity index (χ0v) is 12.1. The van der Waals surface area contributed by atoms with E-state index in [-0.39, 0.29) is 40.9 Å². The molecule has 0 radical (unpaired) electrons. The number of imide groups is 1. The highest BCUT2D eigenvalue weighted by atomic mass is 35.5. The molecule has 21 heavy (non-hydrogen) atoms. The SMILES string of the molecule is O=C1[C@@H]2[C@H](C(=O)N1c1ccccc1Cl)[C@@H]1C=C[C@@H]2C12CC2. The first-order valence-corrected chi connectivity index (χ1v) is 7.84. The van der Waals surface area contributed by atoms with Crippen LogP contribution in [-0.4, -0.2) is 11.8 Å². The van der Waals surface area contributed by atoms with Crippen LogP contribution >= 0.6 is 11.6 Å². The number of hydrogen-bond donors (Lipinski definition) is 0. The molecule has 1 heterocycles. The quantitative estimate of drug-likeness (QED) is 0.590. The molecule has 106 valence electrons. The number of anilines is 1. The van der Waals surface area contributed by atoms with Crippen molar-refractivity contribution in [2.45, 2.75) is 12.8 Å².